The van der Waals surface area contributed by atoms with Gasteiger partial charge in [-0.2, -0.15) is 4.98 Å². The molecule has 0 saturated carbocycles. The number of nitrogens with one attached hydrogen (secondary N) is 1. The Kier molecular flexibility index (Phi) is 6.62. The molecule has 1 atom stereocenters. The van der Waals surface area contributed by atoms with Gasteiger partial charge in [-0.1, -0.05) is 41.7 Å². The molecular formula is C22H28N6O2S. The van der Waals surface area contributed by atoms with Gasteiger partial charge >= 0.3 is 0 Å². The van der Waals surface area contributed by atoms with Crippen LogP contribution in [0.2, 0.25) is 0 Å². The Morgan fingerprint density at radius 1 is 1.26 bits per heavy atom. The van der Waals surface area contributed by atoms with Crippen molar-refractivity contribution in [1.82, 2.24) is 20.3 Å². The molecule has 0 unspecified atom stereocenters. The number of carbonyl (C=O) groups is 1. The molecule has 9 heteroatoms. The van der Waals surface area contributed by atoms with Gasteiger partial charge in [0, 0.05) is 40.7 Å². The van der Waals surface area contributed by atoms with Crippen LogP contribution in [0.1, 0.15) is 24.2 Å². The summed E-state index contributed by atoms with van der Waals surface area (Å²) in [5.41, 5.74) is 1.77. The van der Waals surface area contributed by atoms with Crippen LogP contribution in [0.3, 0.4) is 0 Å². The number of hydrogen-bond acceptors (Lipinski definition) is 8. The van der Waals surface area contributed by atoms with E-state index < -0.39 is 0 Å². The van der Waals surface area contributed by atoms with Crippen LogP contribution >= 0.6 is 11.3 Å². The number of ether oxygens (including phenoxy) is 1. The highest BCUT2D eigenvalue weighted by molar-refractivity contribution is 7.22. The second-order valence-corrected chi connectivity index (χ2v) is 8.78. The summed E-state index contributed by atoms with van der Waals surface area (Å²) >= 11 is 1.55. The molecule has 4 rings (SSSR count). The van der Waals surface area contributed by atoms with E-state index in [-0.39, 0.29) is 11.9 Å². The fraction of sp³-hybridized carbons (Fsp3) is 0.455. The quantitative estimate of drug-likeness (QED) is 0.576. The minimum Gasteiger partial charge on any atom is -0.384 e. The highest BCUT2D eigenvalue weighted by atomic mass is 32.1. The average molecular weight is 441 g/mol. The van der Waals surface area contributed by atoms with E-state index in [0.29, 0.717) is 31.0 Å². The second-order valence-electron chi connectivity index (χ2n) is 7.80. The van der Waals surface area contributed by atoms with Gasteiger partial charge in [-0.3, -0.25) is 4.79 Å². The first kappa shape index (κ1) is 21.5. The fourth-order valence-corrected chi connectivity index (χ4v) is 4.90. The standard InChI is InChI=1S/C22H28N6O2S/c1-27(2)20-18-19(24-17(25-20)11-13-30-3)26-22(31-18)28-12-7-10-16(28)21(29)23-14-15-8-5-4-6-9-15/h4-6,8-9,16H,7,10-14H2,1-3H3,(H,23,29)/t16-/m1/s1. The van der Waals surface area contributed by atoms with Gasteiger partial charge in [0.15, 0.2) is 16.6 Å². The SMILES string of the molecule is COCCc1nc(N(C)C)c2sc(N3CCC[C@@H]3C(=O)NCc3ccccc3)nc2n1. The maximum atomic E-state index is 12.9. The van der Waals surface area contributed by atoms with Crippen molar-refractivity contribution in [1.29, 1.82) is 0 Å². The number of carbonyl (C=O) groups excluding carboxylic acids is 1. The molecule has 164 valence electrons. The predicted molar refractivity (Wildman–Crippen MR) is 124 cm³/mol. The summed E-state index contributed by atoms with van der Waals surface area (Å²) in [4.78, 5) is 31.2. The van der Waals surface area contributed by atoms with Crippen molar-refractivity contribution in [3.8, 4) is 0 Å². The number of fused-ring (bicyclic) bond motifs is 1. The molecule has 1 aliphatic rings. The van der Waals surface area contributed by atoms with Crippen molar-refractivity contribution in [2.45, 2.75) is 31.8 Å². The highest BCUT2D eigenvalue weighted by Gasteiger charge is 2.33. The van der Waals surface area contributed by atoms with Crippen LogP contribution in [-0.2, 0) is 22.5 Å². The minimum atomic E-state index is -0.215. The molecule has 1 amide bonds. The second kappa shape index (κ2) is 9.57. The Bertz CT molecular complexity index is 1040. The number of thiazole rings is 1. The lowest BCUT2D eigenvalue weighted by atomic mass is 10.2. The molecule has 1 aromatic carbocycles. The molecule has 3 aromatic rings. The van der Waals surface area contributed by atoms with E-state index in [0.717, 1.165) is 40.6 Å². The molecule has 8 nitrogen and oxygen atoms in total. The van der Waals surface area contributed by atoms with Gasteiger partial charge in [0.25, 0.3) is 0 Å². The van der Waals surface area contributed by atoms with Crippen LogP contribution in [0.25, 0.3) is 10.3 Å². The molecule has 0 radical (unpaired) electrons. The molecular weight excluding hydrogens is 412 g/mol. The molecule has 0 spiro atoms. The first-order valence-corrected chi connectivity index (χ1v) is 11.3. The summed E-state index contributed by atoms with van der Waals surface area (Å²) in [6, 6.07) is 9.76. The largest absolute Gasteiger partial charge is 0.384 e. The number of rotatable bonds is 8. The van der Waals surface area contributed by atoms with Crippen LogP contribution < -0.4 is 15.1 Å². The molecule has 3 heterocycles. The number of aromatic nitrogens is 3. The molecule has 0 bridgehead atoms. The van der Waals surface area contributed by atoms with Crippen LogP contribution in [0.5, 0.6) is 0 Å². The number of nitrogens with zero attached hydrogens (tertiary/aromatic N) is 5. The first-order valence-electron chi connectivity index (χ1n) is 10.5. The third-order valence-electron chi connectivity index (χ3n) is 5.34. The normalized spacial score (nSPS) is 16.1. The zero-order valence-electron chi connectivity index (χ0n) is 18.2. The van der Waals surface area contributed by atoms with Gasteiger partial charge in [0.2, 0.25) is 5.91 Å². The number of hydrogen-bond donors (Lipinski definition) is 1. The Labute approximate surface area is 186 Å². The number of methoxy groups -OCH3 is 1. The van der Waals surface area contributed by atoms with Crippen molar-refractivity contribution in [2.75, 3.05) is 44.2 Å². The van der Waals surface area contributed by atoms with E-state index in [1.54, 1.807) is 18.4 Å². The van der Waals surface area contributed by atoms with Crippen LogP contribution in [-0.4, -0.2) is 61.3 Å². The third-order valence-corrected chi connectivity index (χ3v) is 6.41. The van der Waals surface area contributed by atoms with E-state index in [1.165, 1.54) is 0 Å². The van der Waals surface area contributed by atoms with Crippen molar-refractivity contribution in [2.24, 2.45) is 0 Å². The van der Waals surface area contributed by atoms with Gasteiger partial charge in [0.05, 0.1) is 6.61 Å². The number of anilines is 2. The molecule has 1 saturated heterocycles. The predicted octanol–water partition coefficient (Wildman–Crippen LogP) is 2.63. The monoisotopic (exact) mass is 440 g/mol. The molecule has 1 fully saturated rings. The molecule has 2 aromatic heterocycles. The Hall–Kier alpha value is -2.78. The van der Waals surface area contributed by atoms with E-state index in [2.05, 4.69) is 15.2 Å². The van der Waals surface area contributed by atoms with Crippen molar-refractivity contribution >= 4 is 38.5 Å². The lowest BCUT2D eigenvalue weighted by molar-refractivity contribution is -0.122. The fourth-order valence-electron chi connectivity index (χ4n) is 3.74. The van der Waals surface area contributed by atoms with E-state index in [9.17, 15) is 4.79 Å². The summed E-state index contributed by atoms with van der Waals surface area (Å²) in [7, 11) is 5.61. The van der Waals surface area contributed by atoms with Gasteiger partial charge in [-0.05, 0) is 18.4 Å². The summed E-state index contributed by atoms with van der Waals surface area (Å²) < 4.78 is 6.12. The summed E-state index contributed by atoms with van der Waals surface area (Å²) in [6.07, 6.45) is 2.42. The topological polar surface area (TPSA) is 83.5 Å². The van der Waals surface area contributed by atoms with Gasteiger partial charge < -0.3 is 19.9 Å². The average Bonchev–Trinajstić information content (AvgIpc) is 3.43. The maximum Gasteiger partial charge on any atom is 0.243 e. The molecule has 1 aliphatic heterocycles. The van der Waals surface area contributed by atoms with Crippen molar-refractivity contribution in [3.05, 3.63) is 41.7 Å². The van der Waals surface area contributed by atoms with Crippen LogP contribution in [0, 0.1) is 0 Å². The Morgan fingerprint density at radius 3 is 2.81 bits per heavy atom. The van der Waals surface area contributed by atoms with Gasteiger partial charge in [0.1, 0.15) is 16.6 Å². The van der Waals surface area contributed by atoms with Crippen LogP contribution in [0.15, 0.2) is 30.3 Å². The Morgan fingerprint density at radius 2 is 2.06 bits per heavy atom. The minimum absolute atomic E-state index is 0.0420. The van der Waals surface area contributed by atoms with E-state index >= 15 is 0 Å². The molecule has 1 N–H and O–H groups in total. The third kappa shape index (κ3) is 4.77. The van der Waals surface area contributed by atoms with Gasteiger partial charge in [-0.15, -0.1) is 0 Å². The lowest BCUT2D eigenvalue weighted by Crippen LogP contribution is -2.43. The smallest absolute Gasteiger partial charge is 0.243 e. The molecule has 0 aliphatic carbocycles. The summed E-state index contributed by atoms with van der Waals surface area (Å²) in [6.45, 7) is 1.90. The van der Waals surface area contributed by atoms with Crippen molar-refractivity contribution in [3.63, 3.8) is 0 Å². The maximum absolute atomic E-state index is 12.9. The van der Waals surface area contributed by atoms with Crippen LogP contribution in [0.4, 0.5) is 10.9 Å². The van der Waals surface area contributed by atoms with Crippen molar-refractivity contribution < 1.29 is 9.53 Å². The number of benzene rings is 1. The summed E-state index contributed by atoms with van der Waals surface area (Å²) in [5, 5.41) is 3.91. The first-order chi connectivity index (χ1) is 15.1. The van der Waals surface area contributed by atoms with E-state index in [1.807, 2.05) is 49.3 Å². The zero-order valence-corrected chi connectivity index (χ0v) is 19.0. The molecule has 31 heavy (non-hydrogen) atoms. The number of amides is 1. The zero-order chi connectivity index (χ0) is 21.8. The highest BCUT2D eigenvalue weighted by Crippen LogP contribution is 2.36. The van der Waals surface area contributed by atoms with E-state index in [4.69, 9.17) is 14.7 Å². The Balaban J connectivity index is 1.56. The lowest BCUT2D eigenvalue weighted by Gasteiger charge is -2.23. The van der Waals surface area contributed by atoms with Gasteiger partial charge in [-0.25, -0.2) is 9.97 Å². The summed E-state index contributed by atoms with van der Waals surface area (Å²) in [5.74, 6) is 1.61.